The number of rotatable bonds is 5. The molecule has 0 aliphatic carbocycles. The number of anilines is 2. The van der Waals surface area contributed by atoms with Crippen molar-refractivity contribution in [2.45, 2.75) is 6.92 Å². The van der Waals surface area contributed by atoms with Crippen molar-refractivity contribution in [2.75, 3.05) is 22.4 Å². The summed E-state index contributed by atoms with van der Waals surface area (Å²) in [4.78, 5) is 12.2. The van der Waals surface area contributed by atoms with Crippen molar-refractivity contribution >= 4 is 38.9 Å². The van der Waals surface area contributed by atoms with Crippen molar-refractivity contribution in [1.29, 1.82) is 0 Å². The Bertz CT molecular complexity index is 920. The minimum Gasteiger partial charge on any atom is -0.322 e. The first kappa shape index (κ1) is 19.1. The molecule has 5 nitrogen and oxygen atoms in total. The Kier molecular flexibility index (Phi) is 5.64. The summed E-state index contributed by atoms with van der Waals surface area (Å²) in [5, 5.41) is 2.53. The molecule has 2 aromatic carbocycles. The van der Waals surface area contributed by atoms with Gasteiger partial charge in [0, 0.05) is 11.1 Å². The van der Waals surface area contributed by atoms with Crippen molar-refractivity contribution in [3.05, 3.63) is 58.6 Å². The standard InChI is InChI=1S/C16H15ClF2N2O3S/c1-10-3-4-11(17)7-15(10)21(25(2,23)24)9-16(22)20-14-6-5-12(18)8-13(14)19/h3-8H,9H2,1-2H3,(H,20,22). The summed E-state index contributed by atoms with van der Waals surface area (Å²) in [5.74, 6) is -2.53. The third-order valence-electron chi connectivity index (χ3n) is 3.33. The van der Waals surface area contributed by atoms with Crippen LogP contribution in [0.25, 0.3) is 0 Å². The third-order valence-corrected chi connectivity index (χ3v) is 4.69. The maximum Gasteiger partial charge on any atom is 0.245 e. The minimum atomic E-state index is -3.80. The lowest BCUT2D eigenvalue weighted by atomic mass is 10.2. The fourth-order valence-electron chi connectivity index (χ4n) is 2.14. The molecule has 0 aromatic heterocycles. The predicted molar refractivity (Wildman–Crippen MR) is 93.4 cm³/mol. The zero-order valence-corrected chi connectivity index (χ0v) is 15.0. The van der Waals surface area contributed by atoms with Crippen molar-refractivity contribution in [3.8, 4) is 0 Å². The molecule has 2 rings (SSSR count). The monoisotopic (exact) mass is 388 g/mol. The van der Waals surface area contributed by atoms with Crippen LogP contribution in [-0.2, 0) is 14.8 Å². The van der Waals surface area contributed by atoms with E-state index in [0.717, 1.165) is 22.7 Å². The van der Waals surface area contributed by atoms with Gasteiger partial charge in [0.15, 0.2) is 0 Å². The fraction of sp³-hybridized carbons (Fsp3) is 0.188. The summed E-state index contributed by atoms with van der Waals surface area (Å²) in [7, 11) is -3.80. The normalized spacial score (nSPS) is 11.2. The van der Waals surface area contributed by atoms with Crippen LogP contribution in [0.2, 0.25) is 5.02 Å². The zero-order chi connectivity index (χ0) is 18.8. The highest BCUT2D eigenvalue weighted by atomic mass is 35.5. The van der Waals surface area contributed by atoms with Gasteiger partial charge in [-0.2, -0.15) is 0 Å². The van der Waals surface area contributed by atoms with Crippen molar-refractivity contribution in [2.24, 2.45) is 0 Å². The molecule has 0 atom stereocenters. The Morgan fingerprint density at radius 3 is 2.48 bits per heavy atom. The van der Waals surface area contributed by atoms with Crippen LogP contribution in [0.5, 0.6) is 0 Å². The van der Waals surface area contributed by atoms with Gasteiger partial charge in [0.1, 0.15) is 18.2 Å². The number of nitrogens with zero attached hydrogens (tertiary/aromatic N) is 1. The van der Waals surface area contributed by atoms with Crippen LogP contribution in [-0.4, -0.2) is 27.1 Å². The van der Waals surface area contributed by atoms with Crippen LogP contribution >= 0.6 is 11.6 Å². The number of amides is 1. The van der Waals surface area contributed by atoms with Gasteiger partial charge >= 0.3 is 0 Å². The molecule has 0 aliphatic heterocycles. The molecule has 0 radical (unpaired) electrons. The van der Waals surface area contributed by atoms with E-state index in [1.54, 1.807) is 19.1 Å². The summed E-state index contributed by atoms with van der Waals surface area (Å²) in [6.07, 6.45) is 0.944. The topological polar surface area (TPSA) is 66.5 Å². The third kappa shape index (κ3) is 4.90. The highest BCUT2D eigenvalue weighted by molar-refractivity contribution is 7.92. The SMILES string of the molecule is Cc1ccc(Cl)cc1N(CC(=O)Nc1ccc(F)cc1F)S(C)(=O)=O. The van der Waals surface area contributed by atoms with E-state index in [1.165, 1.54) is 6.07 Å². The lowest BCUT2D eigenvalue weighted by molar-refractivity contribution is -0.114. The molecule has 9 heteroatoms. The van der Waals surface area contributed by atoms with E-state index < -0.39 is 34.1 Å². The van der Waals surface area contributed by atoms with Crippen LogP contribution in [0.15, 0.2) is 36.4 Å². The van der Waals surface area contributed by atoms with Gasteiger partial charge < -0.3 is 5.32 Å². The van der Waals surface area contributed by atoms with Gasteiger partial charge in [-0.25, -0.2) is 17.2 Å². The Labute approximate surface area is 149 Å². The molecular formula is C16H15ClF2N2O3S. The first-order chi connectivity index (χ1) is 11.6. The Balaban J connectivity index is 2.28. The van der Waals surface area contributed by atoms with Crippen molar-refractivity contribution in [1.82, 2.24) is 0 Å². The number of carbonyl (C=O) groups excluding carboxylic acids is 1. The Morgan fingerprint density at radius 2 is 1.88 bits per heavy atom. The van der Waals surface area contributed by atoms with E-state index in [1.807, 2.05) is 0 Å². The number of hydrogen-bond acceptors (Lipinski definition) is 3. The molecule has 0 bridgehead atoms. The van der Waals surface area contributed by atoms with Crippen LogP contribution in [0.3, 0.4) is 0 Å². The molecule has 1 amide bonds. The van der Waals surface area contributed by atoms with Crippen LogP contribution in [0, 0.1) is 18.6 Å². The molecule has 0 saturated heterocycles. The molecule has 0 spiro atoms. The van der Waals surface area contributed by atoms with Gasteiger partial charge in [0.05, 0.1) is 17.6 Å². The number of benzene rings is 2. The summed E-state index contributed by atoms with van der Waals surface area (Å²) in [5.41, 5.74) is 0.586. The molecular weight excluding hydrogens is 374 g/mol. The molecule has 0 heterocycles. The summed E-state index contributed by atoms with van der Waals surface area (Å²) < 4.78 is 51.5. The molecule has 25 heavy (non-hydrogen) atoms. The van der Waals surface area contributed by atoms with E-state index in [9.17, 15) is 22.0 Å². The van der Waals surface area contributed by atoms with E-state index in [4.69, 9.17) is 11.6 Å². The van der Waals surface area contributed by atoms with E-state index >= 15 is 0 Å². The number of carbonyl (C=O) groups is 1. The van der Waals surface area contributed by atoms with E-state index in [2.05, 4.69) is 5.32 Å². The van der Waals surface area contributed by atoms with Crippen LogP contribution in [0.1, 0.15) is 5.56 Å². The minimum absolute atomic E-state index is 0.240. The Morgan fingerprint density at radius 1 is 1.20 bits per heavy atom. The molecule has 2 aromatic rings. The highest BCUT2D eigenvalue weighted by Crippen LogP contribution is 2.26. The quantitative estimate of drug-likeness (QED) is 0.854. The number of aryl methyl sites for hydroxylation is 1. The van der Waals surface area contributed by atoms with E-state index in [0.29, 0.717) is 16.7 Å². The Hall–Kier alpha value is -2.19. The average molecular weight is 389 g/mol. The summed E-state index contributed by atoms with van der Waals surface area (Å²) in [6.45, 7) is 1.08. The van der Waals surface area contributed by atoms with Gasteiger partial charge in [-0.15, -0.1) is 0 Å². The predicted octanol–water partition coefficient (Wildman–Crippen LogP) is 3.33. The second-order valence-corrected chi connectivity index (χ2v) is 7.72. The lowest BCUT2D eigenvalue weighted by Crippen LogP contribution is -2.38. The number of halogens is 3. The maximum absolute atomic E-state index is 13.6. The second-order valence-electron chi connectivity index (χ2n) is 5.37. The van der Waals surface area contributed by atoms with Gasteiger partial charge in [0.2, 0.25) is 15.9 Å². The molecule has 134 valence electrons. The summed E-state index contributed by atoms with van der Waals surface area (Å²) in [6, 6.07) is 7.28. The molecule has 0 aliphatic rings. The first-order valence-corrected chi connectivity index (χ1v) is 9.29. The van der Waals surface area contributed by atoms with Gasteiger partial charge in [-0.1, -0.05) is 17.7 Å². The van der Waals surface area contributed by atoms with Gasteiger partial charge in [-0.3, -0.25) is 9.10 Å². The molecule has 1 N–H and O–H groups in total. The lowest BCUT2D eigenvalue weighted by Gasteiger charge is -2.24. The molecule has 0 saturated carbocycles. The first-order valence-electron chi connectivity index (χ1n) is 7.06. The number of sulfonamides is 1. The highest BCUT2D eigenvalue weighted by Gasteiger charge is 2.23. The molecule has 0 fully saturated rings. The van der Waals surface area contributed by atoms with E-state index in [-0.39, 0.29) is 11.4 Å². The number of hydrogen-bond donors (Lipinski definition) is 1. The molecule has 0 unspecified atom stereocenters. The largest absolute Gasteiger partial charge is 0.322 e. The van der Waals surface area contributed by atoms with Crippen molar-refractivity contribution in [3.63, 3.8) is 0 Å². The van der Waals surface area contributed by atoms with Crippen molar-refractivity contribution < 1.29 is 22.0 Å². The maximum atomic E-state index is 13.6. The van der Waals surface area contributed by atoms with Crippen LogP contribution in [0.4, 0.5) is 20.2 Å². The smallest absolute Gasteiger partial charge is 0.245 e. The van der Waals surface area contributed by atoms with Gasteiger partial charge in [0.25, 0.3) is 0 Å². The average Bonchev–Trinajstić information content (AvgIpc) is 2.49. The number of nitrogens with one attached hydrogen (secondary N) is 1. The zero-order valence-electron chi connectivity index (χ0n) is 13.4. The summed E-state index contributed by atoms with van der Waals surface area (Å²) >= 11 is 5.91. The fourth-order valence-corrected chi connectivity index (χ4v) is 3.22. The van der Waals surface area contributed by atoms with Crippen LogP contribution < -0.4 is 9.62 Å². The second kappa shape index (κ2) is 7.37. The van der Waals surface area contributed by atoms with Gasteiger partial charge in [-0.05, 0) is 36.8 Å².